The summed E-state index contributed by atoms with van der Waals surface area (Å²) in [6.45, 7) is 0. The minimum absolute atomic E-state index is 0.0270. The predicted molar refractivity (Wildman–Crippen MR) is 90.8 cm³/mol. The van der Waals surface area contributed by atoms with Gasteiger partial charge in [-0.1, -0.05) is 48.5 Å². The van der Waals surface area contributed by atoms with Crippen molar-refractivity contribution in [3.63, 3.8) is 0 Å². The summed E-state index contributed by atoms with van der Waals surface area (Å²) in [5.41, 5.74) is 0.785. The van der Waals surface area contributed by atoms with E-state index in [1.165, 1.54) is 24.3 Å². The highest BCUT2D eigenvalue weighted by Crippen LogP contribution is 2.17. The fraction of sp³-hybridized carbons (Fsp3) is 0. The first-order chi connectivity index (χ1) is 11.3. The molecule has 0 heterocycles. The van der Waals surface area contributed by atoms with E-state index >= 15 is 0 Å². The van der Waals surface area contributed by atoms with E-state index in [2.05, 4.69) is 4.18 Å². The van der Waals surface area contributed by atoms with Crippen LogP contribution in [0.5, 0.6) is 0 Å². The van der Waals surface area contributed by atoms with Crippen LogP contribution in [0.2, 0.25) is 0 Å². The van der Waals surface area contributed by atoms with Gasteiger partial charge in [0.2, 0.25) is 0 Å². The van der Waals surface area contributed by atoms with Crippen LogP contribution in [0, 0.1) is 0 Å². The van der Waals surface area contributed by atoms with Crippen LogP contribution in [0.4, 0.5) is 0 Å². The molecule has 6 nitrogen and oxygen atoms in total. The topological polar surface area (TPSA) is 97.7 Å². The van der Waals surface area contributed by atoms with Crippen LogP contribution in [0.1, 0.15) is 11.1 Å². The maximum absolute atomic E-state index is 11.8. The summed E-state index contributed by atoms with van der Waals surface area (Å²) in [6, 6.07) is 14.4. The van der Waals surface area contributed by atoms with Crippen LogP contribution in [0.25, 0.3) is 12.2 Å². The maximum atomic E-state index is 11.8. The number of hydrogen-bond acceptors (Lipinski definition) is 5. The molecular formula is C16H14O6S2. The minimum Gasteiger partial charge on any atom is -0.387 e. The van der Waals surface area contributed by atoms with E-state index < -0.39 is 25.1 Å². The highest BCUT2D eigenvalue weighted by molar-refractivity contribution is 7.90. The van der Waals surface area contributed by atoms with E-state index in [-0.39, 0.29) is 5.56 Å². The molecule has 0 aliphatic rings. The number of rotatable bonds is 6. The van der Waals surface area contributed by atoms with E-state index in [9.17, 15) is 16.8 Å². The first-order valence-corrected chi connectivity index (χ1v) is 9.58. The number of hydrogen-bond donors (Lipinski definition) is 1. The Bertz CT molecular complexity index is 959. The zero-order valence-electron chi connectivity index (χ0n) is 12.3. The van der Waals surface area contributed by atoms with Crippen molar-refractivity contribution in [2.24, 2.45) is 0 Å². The van der Waals surface area contributed by atoms with Gasteiger partial charge in [0.15, 0.2) is 0 Å². The van der Waals surface area contributed by atoms with Gasteiger partial charge in [-0.25, -0.2) is 0 Å². The Morgan fingerprint density at radius 3 is 2.12 bits per heavy atom. The molecule has 2 aromatic rings. The molecule has 0 aromatic heterocycles. The molecule has 0 unspecified atom stereocenters. The summed E-state index contributed by atoms with van der Waals surface area (Å²) in [7, 11) is -8.51. The second kappa shape index (κ2) is 7.43. The third-order valence-electron chi connectivity index (χ3n) is 2.86. The molecule has 0 spiro atoms. The van der Waals surface area contributed by atoms with Crippen molar-refractivity contribution in [3.8, 4) is 0 Å². The summed E-state index contributed by atoms with van der Waals surface area (Å²) < 4.78 is 59.8. The average Bonchev–Trinajstić information content (AvgIpc) is 2.53. The lowest BCUT2D eigenvalue weighted by Crippen LogP contribution is -2.01. The molecule has 0 atom stereocenters. The summed E-state index contributed by atoms with van der Waals surface area (Å²) in [5.74, 6) is 0. The standard InChI is InChI=1S/C16H14O6S2/c17-23(18,22-12-10-14-6-2-1-3-7-14)13-11-15-8-4-5-9-16(15)24(19,20)21/h1-13H,(H,19,20,21). The van der Waals surface area contributed by atoms with Crippen LogP contribution in [0.3, 0.4) is 0 Å². The van der Waals surface area contributed by atoms with Gasteiger partial charge in [-0.15, -0.1) is 0 Å². The van der Waals surface area contributed by atoms with Gasteiger partial charge in [0.25, 0.3) is 10.1 Å². The van der Waals surface area contributed by atoms with E-state index in [4.69, 9.17) is 4.55 Å². The van der Waals surface area contributed by atoms with Gasteiger partial charge in [0.1, 0.15) is 11.2 Å². The second-order valence-electron chi connectivity index (χ2n) is 4.62. The molecule has 0 bridgehead atoms. The highest BCUT2D eigenvalue weighted by atomic mass is 32.2. The lowest BCUT2D eigenvalue weighted by molar-refractivity contribution is 0.455. The van der Waals surface area contributed by atoms with Crippen molar-refractivity contribution in [2.75, 3.05) is 0 Å². The molecule has 0 radical (unpaired) electrons. The molecular weight excluding hydrogens is 352 g/mol. The Hall–Kier alpha value is -2.42. The molecule has 0 amide bonds. The Morgan fingerprint density at radius 2 is 1.46 bits per heavy atom. The van der Waals surface area contributed by atoms with Gasteiger partial charge >= 0.3 is 10.1 Å². The Labute approximate surface area is 140 Å². The molecule has 1 N–H and O–H groups in total. The van der Waals surface area contributed by atoms with Gasteiger partial charge in [0.05, 0.1) is 5.41 Å². The zero-order chi connectivity index (χ0) is 17.6. The third kappa shape index (κ3) is 5.34. The highest BCUT2D eigenvalue weighted by Gasteiger charge is 2.13. The van der Waals surface area contributed by atoms with Crippen LogP contribution < -0.4 is 0 Å². The fourth-order valence-corrected chi connectivity index (χ4v) is 3.06. The molecule has 0 fully saturated rings. The first-order valence-electron chi connectivity index (χ1n) is 6.67. The quantitative estimate of drug-likeness (QED) is 0.479. The van der Waals surface area contributed by atoms with Gasteiger partial charge in [0, 0.05) is 0 Å². The normalized spacial score (nSPS) is 12.7. The van der Waals surface area contributed by atoms with Crippen LogP contribution >= 0.6 is 0 Å². The molecule has 24 heavy (non-hydrogen) atoms. The van der Waals surface area contributed by atoms with E-state index in [1.807, 2.05) is 6.07 Å². The number of benzene rings is 2. The van der Waals surface area contributed by atoms with Crippen molar-refractivity contribution in [2.45, 2.75) is 4.90 Å². The van der Waals surface area contributed by atoms with Crippen molar-refractivity contribution in [1.29, 1.82) is 0 Å². The Kier molecular flexibility index (Phi) is 5.55. The molecule has 0 aliphatic carbocycles. The minimum atomic E-state index is -4.46. The molecule has 2 rings (SSSR count). The summed E-state index contributed by atoms with van der Waals surface area (Å²) in [5, 5.41) is 0.715. The third-order valence-corrected chi connectivity index (χ3v) is 4.64. The SMILES string of the molecule is O=S(=O)(C=Cc1ccccc1S(=O)(=O)O)OC=Cc1ccccc1. The van der Waals surface area contributed by atoms with Gasteiger partial charge < -0.3 is 4.18 Å². The van der Waals surface area contributed by atoms with Gasteiger partial charge in [-0.2, -0.15) is 16.8 Å². The average molecular weight is 366 g/mol. The molecule has 0 aliphatic heterocycles. The Morgan fingerprint density at radius 1 is 0.833 bits per heavy atom. The van der Waals surface area contributed by atoms with Crippen molar-refractivity contribution in [3.05, 3.63) is 77.4 Å². The molecule has 8 heteroatoms. The first kappa shape index (κ1) is 17.9. The van der Waals surface area contributed by atoms with E-state index in [1.54, 1.807) is 24.3 Å². The zero-order valence-corrected chi connectivity index (χ0v) is 13.9. The smallest absolute Gasteiger partial charge is 0.331 e. The summed E-state index contributed by atoms with van der Waals surface area (Å²) in [4.78, 5) is -0.392. The van der Waals surface area contributed by atoms with Gasteiger partial charge in [-0.3, -0.25) is 4.55 Å². The summed E-state index contributed by atoms with van der Waals surface area (Å²) in [6.07, 6.45) is 3.52. The van der Waals surface area contributed by atoms with Gasteiger partial charge in [-0.05, 0) is 29.3 Å². The summed E-state index contributed by atoms with van der Waals surface area (Å²) >= 11 is 0. The van der Waals surface area contributed by atoms with Crippen molar-refractivity contribution in [1.82, 2.24) is 0 Å². The van der Waals surface area contributed by atoms with E-state index in [0.29, 0.717) is 5.41 Å². The maximum Gasteiger partial charge on any atom is 0.331 e. The molecule has 0 saturated heterocycles. The lowest BCUT2D eigenvalue weighted by Gasteiger charge is -2.02. The largest absolute Gasteiger partial charge is 0.387 e. The predicted octanol–water partition coefficient (Wildman–Crippen LogP) is 2.92. The van der Waals surface area contributed by atoms with Crippen molar-refractivity contribution < 1.29 is 25.6 Å². The molecule has 2 aromatic carbocycles. The van der Waals surface area contributed by atoms with Crippen LogP contribution in [-0.2, 0) is 24.4 Å². The molecule has 0 saturated carbocycles. The lowest BCUT2D eigenvalue weighted by atomic mass is 10.2. The molecule has 126 valence electrons. The second-order valence-corrected chi connectivity index (χ2v) is 7.46. The monoisotopic (exact) mass is 366 g/mol. The Balaban J connectivity index is 2.15. The van der Waals surface area contributed by atoms with E-state index in [0.717, 1.165) is 24.0 Å². The van der Waals surface area contributed by atoms with Crippen molar-refractivity contribution >= 4 is 32.4 Å². The van der Waals surface area contributed by atoms with Crippen LogP contribution in [-0.4, -0.2) is 21.4 Å². The fourth-order valence-electron chi connectivity index (χ4n) is 1.79. The van der Waals surface area contributed by atoms with Crippen LogP contribution in [0.15, 0.2) is 71.2 Å².